The number of ether oxygens (including phenoxy) is 3. The summed E-state index contributed by atoms with van der Waals surface area (Å²) in [5.41, 5.74) is -2.19. The molecule has 1 aromatic heterocycles. The maximum absolute atomic E-state index is 14.9. The van der Waals surface area contributed by atoms with Gasteiger partial charge >= 0.3 is 0 Å². The summed E-state index contributed by atoms with van der Waals surface area (Å²) in [4.78, 5) is 22.0. The van der Waals surface area contributed by atoms with Gasteiger partial charge in [-0.15, -0.1) is 0 Å². The van der Waals surface area contributed by atoms with Gasteiger partial charge in [0.15, 0.2) is 12.4 Å². The summed E-state index contributed by atoms with van der Waals surface area (Å²) in [6, 6.07) is 2.84. The van der Waals surface area contributed by atoms with Gasteiger partial charge in [-0.25, -0.2) is 31.9 Å². The number of carbonyl (C=O) groups is 1. The number of alkyl halides is 4. The van der Waals surface area contributed by atoms with E-state index in [2.05, 4.69) is 20.6 Å². The number of nitrogens with zero attached hydrogens (tertiary/aromatic N) is 2. The second-order valence-electron chi connectivity index (χ2n) is 9.19. The molecule has 1 aliphatic heterocycles. The molecule has 1 aromatic carbocycles. The zero-order chi connectivity index (χ0) is 27.6. The Morgan fingerprint density at radius 1 is 1.16 bits per heavy atom. The predicted molar refractivity (Wildman–Crippen MR) is 125 cm³/mol. The Balaban J connectivity index is 1.75. The van der Waals surface area contributed by atoms with E-state index < -0.39 is 54.1 Å². The number of hydrogen-bond acceptors (Lipinski definition) is 7. The molecule has 1 saturated heterocycles. The van der Waals surface area contributed by atoms with Crippen LogP contribution in [-0.4, -0.2) is 47.7 Å². The van der Waals surface area contributed by atoms with Crippen molar-refractivity contribution in [2.75, 3.05) is 25.1 Å². The molecule has 1 unspecified atom stereocenters. The highest BCUT2D eigenvalue weighted by Gasteiger charge is 2.53. The van der Waals surface area contributed by atoms with Crippen LogP contribution >= 0.6 is 0 Å². The van der Waals surface area contributed by atoms with Crippen LogP contribution in [0.2, 0.25) is 0 Å². The number of rotatable bonds is 11. The van der Waals surface area contributed by atoms with Gasteiger partial charge in [0.25, 0.3) is 18.8 Å². The van der Waals surface area contributed by atoms with Crippen LogP contribution in [0, 0.1) is 12.7 Å². The van der Waals surface area contributed by atoms with E-state index in [1.807, 2.05) is 0 Å². The molecule has 2 atom stereocenters. The molecule has 0 bridgehead atoms. The number of benzene rings is 1. The molecule has 0 radical (unpaired) electrons. The van der Waals surface area contributed by atoms with Gasteiger partial charge in [-0.1, -0.05) is 18.2 Å². The molecule has 2 heterocycles. The summed E-state index contributed by atoms with van der Waals surface area (Å²) in [5.74, 6) is -1.58. The fraction of sp³-hybridized carbons (Fsp3) is 0.560. The topological polar surface area (TPSA) is 94.6 Å². The number of amides is 1. The van der Waals surface area contributed by atoms with Gasteiger partial charge in [0.05, 0.1) is 36.1 Å². The third-order valence-corrected chi connectivity index (χ3v) is 6.46. The Morgan fingerprint density at radius 2 is 1.82 bits per heavy atom. The summed E-state index contributed by atoms with van der Waals surface area (Å²) in [5, 5.41) is 5.40. The maximum Gasteiger partial charge on any atom is 0.266 e. The Labute approximate surface area is 216 Å². The van der Waals surface area contributed by atoms with Crippen molar-refractivity contribution in [2.24, 2.45) is 0 Å². The first-order valence-electron chi connectivity index (χ1n) is 12.2. The van der Waals surface area contributed by atoms with Crippen molar-refractivity contribution in [2.45, 2.75) is 70.4 Å². The third-order valence-electron chi connectivity index (χ3n) is 6.46. The molecule has 1 aliphatic carbocycles. The van der Waals surface area contributed by atoms with Gasteiger partial charge in [-0.05, 0) is 33.6 Å². The monoisotopic (exact) mass is 544 g/mol. The van der Waals surface area contributed by atoms with Crippen LogP contribution < -0.4 is 10.6 Å². The lowest BCUT2D eigenvalue weighted by atomic mass is 10.0. The molecule has 2 aromatic rings. The Morgan fingerprint density at radius 3 is 2.39 bits per heavy atom. The van der Waals surface area contributed by atoms with E-state index in [-0.39, 0.29) is 61.1 Å². The van der Waals surface area contributed by atoms with E-state index in [4.69, 9.17) is 14.2 Å². The molecular formula is C25H29F5N4O4. The normalized spacial score (nSPS) is 18.6. The maximum atomic E-state index is 14.9. The molecule has 13 heteroatoms. The quantitative estimate of drug-likeness (QED) is 0.382. The van der Waals surface area contributed by atoms with Crippen LogP contribution in [0.5, 0.6) is 0 Å². The zero-order valence-electron chi connectivity index (χ0n) is 21.1. The molecule has 208 valence electrons. The summed E-state index contributed by atoms with van der Waals surface area (Å²) in [6.07, 6.45) is -7.94. The lowest BCUT2D eigenvalue weighted by Crippen LogP contribution is -2.45. The smallest absolute Gasteiger partial charge is 0.266 e. The predicted octanol–water partition coefficient (Wildman–Crippen LogP) is 5.07. The average molecular weight is 545 g/mol. The number of halogens is 5. The van der Waals surface area contributed by atoms with Crippen LogP contribution in [0.15, 0.2) is 18.2 Å². The third kappa shape index (κ3) is 5.74. The first-order chi connectivity index (χ1) is 18.1. The lowest BCUT2D eigenvalue weighted by molar-refractivity contribution is -0.136. The number of carbonyl (C=O) groups excluding carboxylic acids is 1. The summed E-state index contributed by atoms with van der Waals surface area (Å²) < 4.78 is 85.5. The van der Waals surface area contributed by atoms with Crippen molar-refractivity contribution >= 4 is 11.7 Å². The minimum Gasteiger partial charge on any atom is -0.363 e. The lowest BCUT2D eigenvalue weighted by Gasteiger charge is -2.27. The van der Waals surface area contributed by atoms with Crippen LogP contribution in [0.25, 0.3) is 0 Å². The summed E-state index contributed by atoms with van der Waals surface area (Å²) in [7, 11) is 0. The highest BCUT2D eigenvalue weighted by molar-refractivity contribution is 5.83. The fourth-order valence-electron chi connectivity index (χ4n) is 4.31. The largest absolute Gasteiger partial charge is 0.363 e. The standard InChI is InChI=1S/C25H29F5N4O4/c1-4-36-19(22(35)34-25(8-9-25)24(29)30)18-16(23-37-10-11-38-23)21(33-13(3)32-18)31-12(2)14-6-5-7-15(17(14)26)20(27)28/h5-7,12,19-20,23-24H,4,8-11H2,1-3H3,(H,34,35)(H,31,32,33)/t12-,19?/m1/s1. The van der Waals surface area contributed by atoms with E-state index in [1.165, 1.54) is 12.1 Å². The number of hydrogen-bond donors (Lipinski definition) is 2. The number of aryl methyl sites for hydroxylation is 1. The van der Waals surface area contributed by atoms with E-state index in [0.29, 0.717) is 0 Å². The van der Waals surface area contributed by atoms with Gasteiger partial charge in [0, 0.05) is 12.2 Å². The molecular weight excluding hydrogens is 515 g/mol. The second-order valence-corrected chi connectivity index (χ2v) is 9.19. The highest BCUT2D eigenvalue weighted by atomic mass is 19.3. The van der Waals surface area contributed by atoms with Gasteiger partial charge in [0.2, 0.25) is 0 Å². The summed E-state index contributed by atoms with van der Waals surface area (Å²) in [6.45, 7) is 5.23. The molecule has 38 heavy (non-hydrogen) atoms. The van der Waals surface area contributed by atoms with Gasteiger partial charge < -0.3 is 24.8 Å². The molecule has 1 amide bonds. The Kier molecular flexibility index (Phi) is 8.48. The van der Waals surface area contributed by atoms with Crippen molar-refractivity contribution in [3.8, 4) is 0 Å². The number of anilines is 1. The second kappa shape index (κ2) is 11.5. The fourth-order valence-corrected chi connectivity index (χ4v) is 4.31. The van der Waals surface area contributed by atoms with Crippen molar-refractivity contribution in [1.29, 1.82) is 0 Å². The van der Waals surface area contributed by atoms with Gasteiger partial charge in [-0.2, -0.15) is 0 Å². The molecule has 4 rings (SSSR count). The van der Waals surface area contributed by atoms with E-state index in [9.17, 15) is 26.7 Å². The SMILES string of the molecule is CCOC(C(=O)NC1(C(F)F)CC1)c1nc(C)nc(N[C@H](C)c2cccc(C(F)F)c2F)c1C1OCCO1. The molecule has 2 N–H and O–H groups in total. The molecule has 1 saturated carbocycles. The highest BCUT2D eigenvalue weighted by Crippen LogP contribution is 2.42. The molecule has 2 fully saturated rings. The number of nitrogens with one attached hydrogen (secondary N) is 2. The molecule has 0 spiro atoms. The molecule has 2 aliphatic rings. The van der Waals surface area contributed by atoms with Crippen LogP contribution in [-0.2, 0) is 19.0 Å². The van der Waals surface area contributed by atoms with Crippen LogP contribution in [0.1, 0.15) is 79.8 Å². The first kappa shape index (κ1) is 28.1. The molecule has 8 nitrogen and oxygen atoms in total. The Hall–Kier alpha value is -2.90. The number of aromatic nitrogens is 2. The zero-order valence-corrected chi connectivity index (χ0v) is 21.1. The summed E-state index contributed by atoms with van der Waals surface area (Å²) >= 11 is 0. The van der Waals surface area contributed by atoms with Crippen molar-refractivity contribution in [3.63, 3.8) is 0 Å². The van der Waals surface area contributed by atoms with Crippen molar-refractivity contribution in [3.05, 3.63) is 52.2 Å². The average Bonchev–Trinajstić information content (AvgIpc) is 3.44. The van der Waals surface area contributed by atoms with E-state index in [1.54, 1.807) is 20.8 Å². The minimum absolute atomic E-state index is 0.0327. The van der Waals surface area contributed by atoms with Gasteiger partial charge in [0.1, 0.15) is 23.0 Å². The van der Waals surface area contributed by atoms with Crippen LogP contribution in [0.4, 0.5) is 27.8 Å². The van der Waals surface area contributed by atoms with Crippen molar-refractivity contribution in [1.82, 2.24) is 15.3 Å². The Bertz CT molecular complexity index is 1160. The first-order valence-corrected chi connectivity index (χ1v) is 12.2. The van der Waals surface area contributed by atoms with Crippen LogP contribution in [0.3, 0.4) is 0 Å². The van der Waals surface area contributed by atoms with E-state index in [0.717, 1.165) is 6.07 Å². The van der Waals surface area contributed by atoms with Crippen molar-refractivity contribution < 1.29 is 41.0 Å². The minimum atomic E-state index is -3.00. The van der Waals surface area contributed by atoms with Gasteiger partial charge in [-0.3, -0.25) is 4.79 Å². The van der Waals surface area contributed by atoms with E-state index >= 15 is 0 Å².